The second-order valence-corrected chi connectivity index (χ2v) is 4.71. The van der Waals surface area contributed by atoms with Gasteiger partial charge in [0, 0.05) is 19.0 Å². The number of hydrogen-bond donors (Lipinski definition) is 2. The largest absolute Gasteiger partial charge is 0.445 e. The lowest BCUT2D eigenvalue weighted by atomic mass is 9.96. The lowest BCUT2D eigenvalue weighted by Crippen LogP contribution is -2.43. The lowest BCUT2D eigenvalue weighted by Gasteiger charge is -2.26. The first-order valence-corrected chi connectivity index (χ1v) is 6.55. The van der Waals surface area contributed by atoms with Gasteiger partial charge in [-0.1, -0.05) is 30.3 Å². The highest BCUT2D eigenvalue weighted by atomic mass is 35.5. The average Bonchev–Trinajstić information content (AvgIpc) is 2.45. The van der Waals surface area contributed by atoms with E-state index >= 15 is 0 Å². The number of alkyl carbamates (subject to hydrolysis) is 1. The Hall–Kier alpha value is -1.33. The number of carbonyl (C=O) groups excluding carboxylic acids is 1. The first-order valence-electron chi connectivity index (χ1n) is 6.55. The zero-order valence-corrected chi connectivity index (χ0v) is 12.0. The van der Waals surface area contributed by atoms with E-state index in [9.17, 15) is 9.18 Å². The van der Waals surface area contributed by atoms with Crippen LogP contribution < -0.4 is 10.6 Å². The number of halogens is 2. The van der Waals surface area contributed by atoms with E-state index in [2.05, 4.69) is 10.6 Å². The number of hydrogen-bond acceptors (Lipinski definition) is 3. The highest BCUT2D eigenvalue weighted by Gasteiger charge is 2.24. The molecule has 4 nitrogen and oxygen atoms in total. The van der Waals surface area contributed by atoms with Crippen molar-refractivity contribution in [1.29, 1.82) is 0 Å². The smallest absolute Gasteiger partial charge is 0.407 e. The second-order valence-electron chi connectivity index (χ2n) is 4.71. The van der Waals surface area contributed by atoms with Crippen LogP contribution in [0.3, 0.4) is 0 Å². The third-order valence-electron chi connectivity index (χ3n) is 3.26. The van der Waals surface area contributed by atoms with Crippen LogP contribution in [0.4, 0.5) is 9.18 Å². The molecule has 0 aliphatic carbocycles. The maximum Gasteiger partial charge on any atom is 0.407 e. The first kappa shape index (κ1) is 16.7. The Bertz CT molecular complexity index is 405. The van der Waals surface area contributed by atoms with Crippen molar-refractivity contribution in [3.05, 3.63) is 35.9 Å². The molecule has 112 valence electrons. The predicted octanol–water partition coefficient (Wildman–Crippen LogP) is 2.28. The number of benzene rings is 1. The molecule has 1 aliphatic rings. The van der Waals surface area contributed by atoms with Crippen LogP contribution in [0.15, 0.2) is 30.3 Å². The van der Waals surface area contributed by atoms with Crippen LogP contribution in [-0.4, -0.2) is 31.9 Å². The SMILES string of the molecule is Cl.O=C(NCC1CCNCC1F)OCc1ccccc1. The molecule has 1 aliphatic heterocycles. The first-order chi connectivity index (χ1) is 9.25. The van der Waals surface area contributed by atoms with Gasteiger partial charge in [0.1, 0.15) is 12.8 Å². The average molecular weight is 303 g/mol. The molecule has 20 heavy (non-hydrogen) atoms. The van der Waals surface area contributed by atoms with Crippen LogP contribution in [0.2, 0.25) is 0 Å². The number of rotatable bonds is 4. The van der Waals surface area contributed by atoms with Crippen molar-refractivity contribution in [2.45, 2.75) is 19.2 Å². The molecule has 1 aromatic rings. The Morgan fingerprint density at radius 2 is 2.15 bits per heavy atom. The number of nitrogens with one attached hydrogen (secondary N) is 2. The van der Waals surface area contributed by atoms with Crippen LogP contribution in [0.25, 0.3) is 0 Å². The summed E-state index contributed by atoms with van der Waals surface area (Å²) in [5, 5.41) is 5.60. The van der Waals surface area contributed by atoms with Crippen molar-refractivity contribution in [3.8, 4) is 0 Å². The van der Waals surface area contributed by atoms with E-state index in [1.807, 2.05) is 30.3 Å². The molecule has 1 aromatic carbocycles. The molecule has 1 heterocycles. The third kappa shape index (κ3) is 5.35. The Balaban J connectivity index is 0.00000200. The molecule has 6 heteroatoms. The normalized spacial score (nSPS) is 21.6. The maximum absolute atomic E-state index is 13.5. The zero-order valence-electron chi connectivity index (χ0n) is 11.2. The Kier molecular flexibility index (Phi) is 7.33. The molecule has 0 aromatic heterocycles. The van der Waals surface area contributed by atoms with Crippen LogP contribution in [-0.2, 0) is 11.3 Å². The molecule has 2 unspecified atom stereocenters. The molecule has 1 fully saturated rings. The highest BCUT2D eigenvalue weighted by Crippen LogP contribution is 2.14. The molecule has 0 bridgehead atoms. The molecule has 2 atom stereocenters. The molecule has 0 radical (unpaired) electrons. The zero-order chi connectivity index (χ0) is 13.5. The van der Waals surface area contributed by atoms with Crippen LogP contribution in [0.1, 0.15) is 12.0 Å². The van der Waals surface area contributed by atoms with Crippen LogP contribution in [0.5, 0.6) is 0 Å². The van der Waals surface area contributed by atoms with Crippen LogP contribution in [0, 0.1) is 5.92 Å². The quantitative estimate of drug-likeness (QED) is 0.897. The minimum absolute atomic E-state index is 0. The Labute approximate surface area is 124 Å². The van der Waals surface area contributed by atoms with Crippen LogP contribution >= 0.6 is 12.4 Å². The van der Waals surface area contributed by atoms with E-state index in [0.717, 1.165) is 18.5 Å². The van der Waals surface area contributed by atoms with E-state index in [-0.39, 0.29) is 24.9 Å². The maximum atomic E-state index is 13.5. The van der Waals surface area contributed by atoms with E-state index < -0.39 is 12.3 Å². The lowest BCUT2D eigenvalue weighted by molar-refractivity contribution is 0.129. The van der Waals surface area contributed by atoms with E-state index in [0.29, 0.717) is 13.1 Å². The summed E-state index contributed by atoms with van der Waals surface area (Å²) < 4.78 is 18.6. The molecule has 2 N–H and O–H groups in total. The fourth-order valence-electron chi connectivity index (χ4n) is 2.09. The molecular weight excluding hydrogens is 283 g/mol. The van der Waals surface area contributed by atoms with Gasteiger partial charge in [-0.25, -0.2) is 9.18 Å². The molecule has 1 amide bonds. The predicted molar refractivity (Wildman–Crippen MR) is 77.8 cm³/mol. The fourth-order valence-corrected chi connectivity index (χ4v) is 2.09. The molecule has 2 rings (SSSR count). The van der Waals surface area contributed by atoms with Gasteiger partial charge in [0.05, 0.1) is 0 Å². The molecular formula is C14H20ClFN2O2. The summed E-state index contributed by atoms with van der Waals surface area (Å²) in [5.41, 5.74) is 0.933. The van der Waals surface area contributed by atoms with Gasteiger partial charge in [0.15, 0.2) is 0 Å². The summed E-state index contributed by atoms with van der Waals surface area (Å²) in [4.78, 5) is 11.5. The molecule has 0 spiro atoms. The second kappa shape index (κ2) is 8.76. The Morgan fingerprint density at radius 1 is 1.40 bits per heavy atom. The third-order valence-corrected chi connectivity index (χ3v) is 3.26. The van der Waals surface area contributed by atoms with Gasteiger partial charge in [0.25, 0.3) is 0 Å². The molecule has 1 saturated heterocycles. The topological polar surface area (TPSA) is 50.4 Å². The van der Waals surface area contributed by atoms with E-state index in [1.54, 1.807) is 0 Å². The van der Waals surface area contributed by atoms with Crippen molar-refractivity contribution < 1.29 is 13.9 Å². The van der Waals surface area contributed by atoms with Gasteiger partial charge in [-0.2, -0.15) is 0 Å². The summed E-state index contributed by atoms with van der Waals surface area (Å²) >= 11 is 0. The summed E-state index contributed by atoms with van der Waals surface area (Å²) in [7, 11) is 0. The molecule has 0 saturated carbocycles. The number of carbonyl (C=O) groups is 1. The monoisotopic (exact) mass is 302 g/mol. The van der Waals surface area contributed by atoms with Gasteiger partial charge in [-0.15, -0.1) is 12.4 Å². The minimum atomic E-state index is -0.900. The highest BCUT2D eigenvalue weighted by molar-refractivity contribution is 5.85. The van der Waals surface area contributed by atoms with Crippen molar-refractivity contribution >= 4 is 18.5 Å². The summed E-state index contributed by atoms with van der Waals surface area (Å²) in [6, 6.07) is 9.45. The summed E-state index contributed by atoms with van der Waals surface area (Å²) in [6.45, 7) is 1.73. The summed E-state index contributed by atoms with van der Waals surface area (Å²) in [6.07, 6.45) is -0.655. The number of amides is 1. The standard InChI is InChI=1S/C14H19FN2O2.ClH/c15-13-9-16-7-6-12(13)8-17-14(18)19-10-11-4-2-1-3-5-11;/h1-5,12-13,16H,6-10H2,(H,17,18);1H. The van der Waals surface area contributed by atoms with Crippen molar-refractivity contribution in [2.75, 3.05) is 19.6 Å². The Morgan fingerprint density at radius 3 is 2.85 bits per heavy atom. The van der Waals surface area contributed by atoms with Gasteiger partial charge < -0.3 is 15.4 Å². The van der Waals surface area contributed by atoms with Gasteiger partial charge in [0.2, 0.25) is 0 Å². The van der Waals surface area contributed by atoms with Crippen molar-refractivity contribution in [2.24, 2.45) is 5.92 Å². The van der Waals surface area contributed by atoms with Crippen molar-refractivity contribution in [1.82, 2.24) is 10.6 Å². The van der Waals surface area contributed by atoms with E-state index in [1.165, 1.54) is 0 Å². The van der Waals surface area contributed by atoms with E-state index in [4.69, 9.17) is 4.74 Å². The summed E-state index contributed by atoms with van der Waals surface area (Å²) in [5.74, 6) is -0.120. The van der Waals surface area contributed by atoms with Gasteiger partial charge in [-0.3, -0.25) is 0 Å². The van der Waals surface area contributed by atoms with Gasteiger partial charge in [-0.05, 0) is 18.5 Å². The van der Waals surface area contributed by atoms with Gasteiger partial charge >= 0.3 is 6.09 Å². The van der Waals surface area contributed by atoms with Crippen molar-refractivity contribution in [3.63, 3.8) is 0 Å². The fraction of sp³-hybridized carbons (Fsp3) is 0.500. The minimum Gasteiger partial charge on any atom is -0.445 e. The number of ether oxygens (including phenoxy) is 1. The number of piperidine rings is 1. The number of alkyl halides is 1.